The highest BCUT2D eigenvalue weighted by Crippen LogP contribution is 2.60. The van der Waals surface area contributed by atoms with E-state index in [2.05, 4.69) is 54.6 Å². The van der Waals surface area contributed by atoms with Gasteiger partial charge in [-0.1, -0.05) is 72.8 Å². The van der Waals surface area contributed by atoms with Crippen molar-refractivity contribution in [3.63, 3.8) is 0 Å². The molecule has 2 aromatic carbocycles. The molecule has 0 bridgehead atoms. The van der Waals surface area contributed by atoms with Crippen LogP contribution in [0.3, 0.4) is 0 Å². The Hall–Kier alpha value is -5.49. The lowest BCUT2D eigenvalue weighted by atomic mass is 9.60. The second-order valence-corrected chi connectivity index (χ2v) is 12.2. The Kier molecular flexibility index (Phi) is 6.98. The molecule has 6 aromatic rings. The lowest BCUT2D eigenvalue weighted by Crippen LogP contribution is -2.39. The van der Waals surface area contributed by atoms with Crippen LogP contribution in [0.1, 0.15) is 53.5 Å². The maximum Gasteiger partial charge on any atom is 0.311 e. The number of carbonyl (C=O) groups excluding carboxylic acids is 1. The van der Waals surface area contributed by atoms with Crippen LogP contribution in [-0.4, -0.2) is 25.9 Å². The zero-order chi connectivity index (χ0) is 31.0. The van der Waals surface area contributed by atoms with Crippen LogP contribution in [-0.2, 0) is 22.0 Å². The van der Waals surface area contributed by atoms with Gasteiger partial charge in [-0.05, 0) is 89.9 Å². The lowest BCUT2D eigenvalue weighted by Gasteiger charge is -2.42. The van der Waals surface area contributed by atoms with Crippen LogP contribution < -0.4 is 4.74 Å². The minimum absolute atomic E-state index is 0.228. The summed E-state index contributed by atoms with van der Waals surface area (Å²) < 4.78 is 5.82. The van der Waals surface area contributed by atoms with Crippen molar-refractivity contribution in [3.8, 4) is 28.5 Å². The van der Waals surface area contributed by atoms with Crippen LogP contribution in [0.25, 0.3) is 22.8 Å². The van der Waals surface area contributed by atoms with Gasteiger partial charge in [0.05, 0.1) is 22.8 Å². The number of nitrogens with zero attached hydrogens (tertiary/aromatic N) is 4. The first-order chi connectivity index (χ1) is 22.7. The van der Waals surface area contributed by atoms with E-state index in [4.69, 9.17) is 24.7 Å². The maximum absolute atomic E-state index is 13.5. The first-order valence-corrected chi connectivity index (χ1v) is 15.8. The lowest BCUT2D eigenvalue weighted by molar-refractivity contribution is -0.134. The number of esters is 1. The van der Waals surface area contributed by atoms with Crippen molar-refractivity contribution in [3.05, 3.63) is 162 Å². The van der Waals surface area contributed by atoms with Gasteiger partial charge in [-0.3, -0.25) is 24.7 Å². The van der Waals surface area contributed by atoms with Crippen molar-refractivity contribution in [2.24, 2.45) is 0 Å². The van der Waals surface area contributed by atoms with Crippen LogP contribution in [0.15, 0.2) is 134 Å². The van der Waals surface area contributed by atoms with Crippen LogP contribution in [0.4, 0.5) is 0 Å². The van der Waals surface area contributed by atoms with Gasteiger partial charge >= 0.3 is 5.97 Å². The molecular formula is C40H32N4O2. The Bertz CT molecular complexity index is 1950. The topological polar surface area (TPSA) is 77.9 Å². The Morgan fingerprint density at radius 1 is 0.522 bits per heavy atom. The van der Waals surface area contributed by atoms with Gasteiger partial charge in [0, 0.05) is 42.0 Å². The highest BCUT2D eigenvalue weighted by Gasteiger charge is 2.54. The second kappa shape index (κ2) is 11.5. The average molecular weight is 601 g/mol. The summed E-state index contributed by atoms with van der Waals surface area (Å²) in [5.74, 6) is 0.287. The standard InChI is InChI=1S/C40H32N4O2/c45-34(46-29-13-5-2-6-14-29)20-22-40(32-17-9-25-43-37(32)38-33(40)18-10-26-44-38)27-39(21-19-28-11-3-1-4-12-28)30-15-7-23-41-35(30)36-31(39)16-8-24-42-36/h1-18,23-26H,19-22,27H2. The smallest absolute Gasteiger partial charge is 0.311 e. The molecule has 0 saturated heterocycles. The van der Waals surface area contributed by atoms with E-state index in [0.717, 1.165) is 46.7 Å². The molecule has 46 heavy (non-hydrogen) atoms. The van der Waals surface area contributed by atoms with E-state index in [0.29, 0.717) is 18.6 Å². The molecule has 0 aliphatic heterocycles. The van der Waals surface area contributed by atoms with E-state index in [-0.39, 0.29) is 12.4 Å². The van der Waals surface area contributed by atoms with Gasteiger partial charge in [0.25, 0.3) is 0 Å². The van der Waals surface area contributed by atoms with Crippen LogP contribution in [0.2, 0.25) is 0 Å². The van der Waals surface area contributed by atoms with Gasteiger partial charge in [-0.2, -0.15) is 0 Å². The number of rotatable bonds is 9. The number of benzene rings is 2. The third-order valence-electron chi connectivity index (χ3n) is 9.76. The van der Waals surface area contributed by atoms with Crippen molar-refractivity contribution in [1.82, 2.24) is 19.9 Å². The fraction of sp³-hybridized carbons (Fsp3) is 0.175. The summed E-state index contributed by atoms with van der Waals surface area (Å²) in [7, 11) is 0. The number of hydrogen-bond donors (Lipinski definition) is 0. The number of aryl methyl sites for hydroxylation is 1. The molecule has 0 spiro atoms. The SMILES string of the molecule is O=C(CCC1(CC2(CCc3ccccc3)c3cccnc3-c3ncccc32)c2cccnc2-c2ncccc21)Oc1ccccc1. The van der Waals surface area contributed by atoms with Crippen molar-refractivity contribution >= 4 is 5.97 Å². The van der Waals surface area contributed by atoms with E-state index in [1.165, 1.54) is 16.7 Å². The molecule has 6 heteroatoms. The summed E-state index contributed by atoms with van der Waals surface area (Å²) in [6.07, 6.45) is 10.5. The third-order valence-corrected chi connectivity index (χ3v) is 9.76. The quantitative estimate of drug-likeness (QED) is 0.124. The third kappa shape index (κ3) is 4.60. The summed E-state index contributed by atoms with van der Waals surface area (Å²) in [5, 5.41) is 0. The van der Waals surface area contributed by atoms with Crippen molar-refractivity contribution in [1.29, 1.82) is 0 Å². The molecule has 4 aromatic heterocycles. The Morgan fingerprint density at radius 3 is 1.43 bits per heavy atom. The van der Waals surface area contributed by atoms with Gasteiger partial charge < -0.3 is 4.74 Å². The fourth-order valence-electron chi connectivity index (χ4n) is 7.81. The van der Waals surface area contributed by atoms with E-state index in [1.807, 2.05) is 79.4 Å². The minimum Gasteiger partial charge on any atom is -0.427 e. The van der Waals surface area contributed by atoms with E-state index < -0.39 is 10.8 Å². The molecular weight excluding hydrogens is 568 g/mol. The average Bonchev–Trinajstić information content (AvgIpc) is 3.55. The maximum atomic E-state index is 13.5. The van der Waals surface area contributed by atoms with E-state index >= 15 is 0 Å². The van der Waals surface area contributed by atoms with Crippen molar-refractivity contribution < 1.29 is 9.53 Å². The summed E-state index contributed by atoms with van der Waals surface area (Å²) in [6, 6.07) is 36.8. The predicted octanol–water partition coefficient (Wildman–Crippen LogP) is 7.91. The molecule has 2 aliphatic carbocycles. The first kappa shape index (κ1) is 28.0. The molecule has 0 saturated carbocycles. The van der Waals surface area contributed by atoms with Gasteiger partial charge in [0.2, 0.25) is 0 Å². The Balaban J connectivity index is 1.30. The molecule has 4 heterocycles. The number of hydrogen-bond acceptors (Lipinski definition) is 6. The zero-order valence-electron chi connectivity index (χ0n) is 25.3. The van der Waals surface area contributed by atoms with Crippen LogP contribution in [0.5, 0.6) is 5.75 Å². The molecule has 0 unspecified atom stereocenters. The minimum atomic E-state index is -0.579. The Labute approximate surface area is 268 Å². The molecule has 2 aliphatic rings. The molecule has 0 amide bonds. The highest BCUT2D eigenvalue weighted by atomic mass is 16.5. The second-order valence-electron chi connectivity index (χ2n) is 12.2. The molecule has 0 atom stereocenters. The largest absolute Gasteiger partial charge is 0.427 e. The van der Waals surface area contributed by atoms with Crippen LogP contribution in [0, 0.1) is 0 Å². The van der Waals surface area contributed by atoms with Crippen LogP contribution >= 0.6 is 0 Å². The fourth-order valence-corrected chi connectivity index (χ4v) is 7.81. The van der Waals surface area contributed by atoms with Gasteiger partial charge in [-0.25, -0.2) is 0 Å². The molecule has 0 N–H and O–H groups in total. The molecule has 8 rings (SSSR count). The molecule has 6 nitrogen and oxygen atoms in total. The number of pyridine rings is 4. The number of para-hydroxylation sites is 1. The number of fused-ring (bicyclic) bond motifs is 6. The van der Waals surface area contributed by atoms with Crippen molar-refractivity contribution in [2.45, 2.75) is 42.9 Å². The number of carbonyl (C=O) groups is 1. The molecule has 0 radical (unpaired) electrons. The monoisotopic (exact) mass is 600 g/mol. The summed E-state index contributed by atoms with van der Waals surface area (Å²) in [6.45, 7) is 0. The molecule has 224 valence electrons. The van der Waals surface area contributed by atoms with Gasteiger partial charge in [0.1, 0.15) is 5.75 Å². The van der Waals surface area contributed by atoms with Gasteiger partial charge in [0.15, 0.2) is 0 Å². The van der Waals surface area contributed by atoms with E-state index in [9.17, 15) is 4.79 Å². The molecule has 0 fully saturated rings. The highest BCUT2D eigenvalue weighted by molar-refractivity contribution is 5.79. The summed E-state index contributed by atoms with van der Waals surface area (Å²) in [5.41, 5.74) is 8.41. The normalized spacial score (nSPS) is 14.5. The van der Waals surface area contributed by atoms with E-state index in [1.54, 1.807) is 0 Å². The first-order valence-electron chi connectivity index (χ1n) is 15.8. The predicted molar refractivity (Wildman–Crippen MR) is 177 cm³/mol. The summed E-state index contributed by atoms with van der Waals surface area (Å²) in [4.78, 5) is 33.0. The Morgan fingerprint density at radius 2 is 0.957 bits per heavy atom. The zero-order valence-corrected chi connectivity index (χ0v) is 25.3. The number of aromatic nitrogens is 4. The number of ether oxygens (including phenoxy) is 1. The van der Waals surface area contributed by atoms with Crippen molar-refractivity contribution in [2.75, 3.05) is 0 Å². The van der Waals surface area contributed by atoms with Gasteiger partial charge in [-0.15, -0.1) is 0 Å². The summed E-state index contributed by atoms with van der Waals surface area (Å²) >= 11 is 0.